The van der Waals surface area contributed by atoms with E-state index in [1.54, 1.807) is 18.2 Å². The highest BCUT2D eigenvalue weighted by atomic mass is 32.2. The van der Waals surface area contributed by atoms with E-state index in [-0.39, 0.29) is 23.7 Å². The Labute approximate surface area is 137 Å². The van der Waals surface area contributed by atoms with Gasteiger partial charge in [-0.15, -0.1) is 6.58 Å². The van der Waals surface area contributed by atoms with E-state index in [0.717, 1.165) is 5.56 Å². The van der Waals surface area contributed by atoms with Crippen molar-refractivity contribution in [3.05, 3.63) is 70.4 Å². The number of thioether (sulfide) groups is 1. The number of benzene rings is 1. The number of nitrogens with one attached hydrogen (secondary N) is 2. The largest absolute Gasteiger partial charge is 0.352 e. The smallest absolute Gasteiger partial charge is 0.251 e. The van der Waals surface area contributed by atoms with Gasteiger partial charge in [-0.1, -0.05) is 30.0 Å². The second kappa shape index (κ2) is 8.28. The number of carbonyl (C=O) groups excluding carboxylic acids is 1. The van der Waals surface area contributed by atoms with Gasteiger partial charge in [0.05, 0.1) is 12.1 Å². The van der Waals surface area contributed by atoms with Crippen LogP contribution in [-0.4, -0.2) is 22.4 Å². The molecule has 1 amide bonds. The van der Waals surface area contributed by atoms with Crippen LogP contribution < -0.4 is 10.9 Å². The minimum atomic E-state index is -0.326. The second-order valence-electron chi connectivity index (χ2n) is 4.73. The summed E-state index contributed by atoms with van der Waals surface area (Å²) in [5, 5.41) is 3.02. The lowest BCUT2D eigenvalue weighted by Gasteiger charge is -2.05. The highest BCUT2D eigenvalue weighted by Gasteiger charge is 2.07. The molecule has 2 rings (SSSR count). The third-order valence-electron chi connectivity index (χ3n) is 2.82. The van der Waals surface area contributed by atoms with Crippen molar-refractivity contribution < 1.29 is 9.18 Å². The van der Waals surface area contributed by atoms with Gasteiger partial charge in [-0.25, -0.2) is 9.37 Å². The third-order valence-corrected chi connectivity index (χ3v) is 3.77. The first-order valence-electron chi connectivity index (χ1n) is 6.92. The van der Waals surface area contributed by atoms with Gasteiger partial charge in [0.2, 0.25) is 5.91 Å². The maximum Gasteiger partial charge on any atom is 0.251 e. The van der Waals surface area contributed by atoms with Crippen LogP contribution in [0.2, 0.25) is 0 Å². The molecule has 0 spiro atoms. The molecule has 0 aliphatic heterocycles. The van der Waals surface area contributed by atoms with Gasteiger partial charge >= 0.3 is 0 Å². The first-order valence-corrected chi connectivity index (χ1v) is 7.90. The van der Waals surface area contributed by atoms with Gasteiger partial charge in [0, 0.05) is 18.4 Å². The lowest BCUT2D eigenvalue weighted by Crippen LogP contribution is -2.26. The van der Waals surface area contributed by atoms with Crippen LogP contribution in [0.5, 0.6) is 0 Å². The monoisotopic (exact) mass is 333 g/mol. The molecular formula is C16H16FN3O2S. The zero-order valence-electron chi connectivity index (χ0n) is 12.3. The fraction of sp³-hybridized carbons (Fsp3) is 0.188. The maximum atomic E-state index is 13.1. The zero-order valence-corrected chi connectivity index (χ0v) is 13.2. The molecule has 0 radical (unpaired) electrons. The first-order chi connectivity index (χ1) is 11.1. The molecule has 23 heavy (non-hydrogen) atoms. The Balaban J connectivity index is 2.03. The van der Waals surface area contributed by atoms with Gasteiger partial charge in [0.1, 0.15) is 5.82 Å². The Morgan fingerprint density at radius 2 is 2.26 bits per heavy atom. The van der Waals surface area contributed by atoms with E-state index in [9.17, 15) is 14.0 Å². The van der Waals surface area contributed by atoms with Crippen molar-refractivity contribution in [1.82, 2.24) is 15.3 Å². The Bertz CT molecular complexity index is 761. The number of hydrogen-bond donors (Lipinski definition) is 2. The number of aromatic nitrogens is 2. The molecule has 0 atom stereocenters. The number of carbonyl (C=O) groups is 1. The van der Waals surface area contributed by atoms with E-state index in [1.165, 1.54) is 30.0 Å². The first kappa shape index (κ1) is 17.0. The van der Waals surface area contributed by atoms with Crippen LogP contribution in [0.15, 0.2) is 52.9 Å². The molecule has 0 bridgehead atoms. The van der Waals surface area contributed by atoms with Crippen LogP contribution in [0.1, 0.15) is 11.3 Å². The molecule has 7 heteroatoms. The number of rotatable bonds is 7. The fourth-order valence-electron chi connectivity index (χ4n) is 1.83. The molecule has 0 saturated carbocycles. The Morgan fingerprint density at radius 1 is 1.43 bits per heavy atom. The maximum absolute atomic E-state index is 13.1. The molecule has 1 aromatic heterocycles. The van der Waals surface area contributed by atoms with Crippen molar-refractivity contribution in [3.8, 4) is 0 Å². The molecule has 5 nitrogen and oxygen atoms in total. The SMILES string of the molecule is C=CCNC(=O)Cc1cc(=O)[nH]c(SCc2cccc(F)c2)n1. The minimum absolute atomic E-state index is 0.0191. The van der Waals surface area contributed by atoms with Gasteiger partial charge in [0.25, 0.3) is 5.56 Å². The van der Waals surface area contributed by atoms with E-state index in [2.05, 4.69) is 21.9 Å². The summed E-state index contributed by atoms with van der Waals surface area (Å²) in [5.74, 6) is -0.0754. The van der Waals surface area contributed by atoms with Crippen molar-refractivity contribution in [2.45, 2.75) is 17.3 Å². The average Bonchev–Trinajstić information content (AvgIpc) is 2.50. The topological polar surface area (TPSA) is 74.8 Å². The minimum Gasteiger partial charge on any atom is -0.352 e. The lowest BCUT2D eigenvalue weighted by atomic mass is 10.2. The predicted molar refractivity (Wildman–Crippen MR) is 87.7 cm³/mol. The van der Waals surface area contributed by atoms with Crippen molar-refractivity contribution in [3.63, 3.8) is 0 Å². The van der Waals surface area contributed by atoms with Crippen LogP contribution in [-0.2, 0) is 17.0 Å². The molecule has 1 heterocycles. The molecule has 0 fully saturated rings. The van der Waals surface area contributed by atoms with Crippen LogP contribution in [0.25, 0.3) is 0 Å². The Morgan fingerprint density at radius 3 is 3.00 bits per heavy atom. The summed E-state index contributed by atoms with van der Waals surface area (Å²) in [6.07, 6.45) is 1.59. The fourth-order valence-corrected chi connectivity index (χ4v) is 2.67. The predicted octanol–water partition coefficient (Wildman–Crippen LogP) is 2.05. The van der Waals surface area contributed by atoms with Crippen molar-refractivity contribution in [1.29, 1.82) is 0 Å². The van der Waals surface area contributed by atoms with E-state index in [1.807, 2.05) is 0 Å². The third kappa shape index (κ3) is 5.71. The Hall–Kier alpha value is -2.41. The van der Waals surface area contributed by atoms with Crippen LogP contribution in [0.4, 0.5) is 4.39 Å². The number of hydrogen-bond acceptors (Lipinski definition) is 4. The summed E-state index contributed by atoms with van der Waals surface area (Å²) in [5.41, 5.74) is 0.845. The van der Waals surface area contributed by atoms with Gasteiger partial charge in [-0.2, -0.15) is 0 Å². The lowest BCUT2D eigenvalue weighted by molar-refractivity contribution is -0.120. The highest BCUT2D eigenvalue weighted by molar-refractivity contribution is 7.98. The molecule has 2 N–H and O–H groups in total. The second-order valence-corrected chi connectivity index (χ2v) is 5.69. The van der Waals surface area contributed by atoms with Crippen LogP contribution >= 0.6 is 11.8 Å². The number of aromatic amines is 1. The number of nitrogens with zero attached hydrogens (tertiary/aromatic N) is 1. The summed E-state index contributed by atoms with van der Waals surface area (Å²) in [7, 11) is 0. The van der Waals surface area contributed by atoms with Gasteiger partial charge in [-0.05, 0) is 17.7 Å². The van der Waals surface area contributed by atoms with Gasteiger partial charge in [0.15, 0.2) is 5.16 Å². The van der Waals surface area contributed by atoms with Crippen molar-refractivity contribution in [2.75, 3.05) is 6.54 Å². The summed E-state index contributed by atoms with van der Waals surface area (Å²) in [6.45, 7) is 3.88. The molecule has 0 unspecified atom stereocenters. The molecule has 0 aliphatic carbocycles. The Kier molecular flexibility index (Phi) is 6.10. The van der Waals surface area contributed by atoms with Crippen LogP contribution in [0, 0.1) is 5.82 Å². The van der Waals surface area contributed by atoms with E-state index in [4.69, 9.17) is 0 Å². The standard InChI is InChI=1S/C16H16FN3O2S/c1-2-6-18-14(21)8-13-9-15(22)20-16(19-13)23-10-11-4-3-5-12(17)7-11/h2-5,7,9H,1,6,8,10H2,(H,18,21)(H,19,20,22). The normalized spacial score (nSPS) is 10.3. The van der Waals surface area contributed by atoms with Crippen LogP contribution in [0.3, 0.4) is 0 Å². The molecule has 120 valence electrons. The quantitative estimate of drug-likeness (QED) is 0.462. The van der Waals surface area contributed by atoms with E-state index < -0.39 is 0 Å². The zero-order chi connectivity index (χ0) is 16.7. The van der Waals surface area contributed by atoms with Gasteiger partial charge < -0.3 is 10.3 Å². The molecule has 1 aromatic carbocycles. The summed E-state index contributed by atoms with van der Waals surface area (Å²) in [4.78, 5) is 30.2. The van der Waals surface area contributed by atoms with E-state index >= 15 is 0 Å². The van der Waals surface area contributed by atoms with Crippen molar-refractivity contribution in [2.24, 2.45) is 0 Å². The molecular weight excluding hydrogens is 317 g/mol. The molecule has 0 saturated heterocycles. The highest BCUT2D eigenvalue weighted by Crippen LogP contribution is 2.18. The molecule has 0 aliphatic rings. The number of amides is 1. The summed E-state index contributed by atoms with van der Waals surface area (Å²) >= 11 is 1.27. The molecule has 2 aromatic rings. The van der Waals surface area contributed by atoms with E-state index in [0.29, 0.717) is 23.1 Å². The average molecular weight is 333 g/mol. The summed E-state index contributed by atoms with van der Waals surface area (Å²) < 4.78 is 13.1. The van der Waals surface area contributed by atoms with Gasteiger partial charge in [-0.3, -0.25) is 9.59 Å². The van der Waals surface area contributed by atoms with Crippen molar-refractivity contribution >= 4 is 17.7 Å². The number of H-pyrrole nitrogens is 1. The summed E-state index contributed by atoms with van der Waals surface area (Å²) in [6, 6.07) is 7.51. The number of halogens is 1.